The molecule has 0 amide bonds. The van der Waals surface area contributed by atoms with Gasteiger partial charge in [0, 0.05) is 23.6 Å². The fourth-order valence-corrected chi connectivity index (χ4v) is 6.06. The van der Waals surface area contributed by atoms with E-state index in [0.717, 1.165) is 12.1 Å². The van der Waals surface area contributed by atoms with Gasteiger partial charge >= 0.3 is 59.1 Å². The number of rotatable bonds is 16. The average Bonchev–Trinajstić information content (AvgIpc) is 2.95. The van der Waals surface area contributed by atoms with Gasteiger partial charge in [-0.05, 0) is 68.1 Å². The van der Waals surface area contributed by atoms with Crippen LogP contribution in [0.3, 0.4) is 0 Å². The molecular weight excluding hydrogens is 781 g/mol. The van der Waals surface area contributed by atoms with Crippen molar-refractivity contribution < 1.29 is 120 Å². The molecule has 0 aliphatic rings. The number of hydrogen-bond acceptors (Lipinski definition) is 17. The van der Waals surface area contributed by atoms with Gasteiger partial charge in [-0.3, -0.25) is 9.11 Å². The van der Waals surface area contributed by atoms with Gasteiger partial charge in [0.05, 0.1) is 55.4 Å². The Morgan fingerprint density at radius 1 is 0.627 bits per heavy atom. The van der Waals surface area contributed by atoms with Crippen LogP contribution in [0.2, 0.25) is 0 Å². The van der Waals surface area contributed by atoms with Gasteiger partial charge in [0.1, 0.15) is 27.8 Å². The first kappa shape index (κ1) is 46.9. The number of ether oxygens (including phenoxy) is 2. The van der Waals surface area contributed by atoms with E-state index in [1.807, 2.05) is 0 Å². The van der Waals surface area contributed by atoms with Crippen molar-refractivity contribution >= 4 is 68.9 Å². The molecule has 0 atom stereocenters. The summed E-state index contributed by atoms with van der Waals surface area (Å²) in [5.74, 6) is -1.26. The van der Waals surface area contributed by atoms with E-state index < -0.39 is 67.5 Å². The monoisotopic (exact) mass is 809 g/mol. The maximum Gasteiger partial charge on any atom is 1.00 e. The Kier molecular flexibility index (Phi) is 17.7. The molecule has 3 aromatic rings. The smallest absolute Gasteiger partial charge is 0.748 e. The van der Waals surface area contributed by atoms with Gasteiger partial charge in [-0.25, -0.2) is 16.8 Å². The molecule has 25 heteroatoms. The molecule has 0 aromatic heterocycles. The molecule has 4 N–H and O–H groups in total. The van der Waals surface area contributed by atoms with Crippen LogP contribution in [0, 0.1) is 13.8 Å². The topological polar surface area (TPSA) is 317 Å². The van der Waals surface area contributed by atoms with E-state index in [4.69, 9.17) is 15.2 Å². The molecule has 0 spiro atoms. The first-order valence-electron chi connectivity index (χ1n) is 13.6. The maximum absolute atomic E-state index is 11.9. The summed E-state index contributed by atoms with van der Waals surface area (Å²) in [5, 5.41) is 16.2. The zero-order chi connectivity index (χ0) is 36.8. The minimum absolute atomic E-state index is 0. The number of nitrogens with zero attached hydrogens (tertiary/aromatic N) is 4. The van der Waals surface area contributed by atoms with E-state index in [0.29, 0.717) is 17.2 Å². The SMILES string of the molecule is Cc1cc(N)c(OCCCS(=O)(=O)[O-])cc1N=Nc1cc(C)c(N=Nc2ccc(S(=O)(=O)O)cc2S(=O)(=O)O)cc1OCCCS(=O)(=O)[O-].[Na+].[Na+]. The minimum Gasteiger partial charge on any atom is -0.748 e. The molecule has 51 heavy (non-hydrogen) atoms. The van der Waals surface area contributed by atoms with Crippen molar-refractivity contribution in [3.63, 3.8) is 0 Å². The molecule has 0 fully saturated rings. The molecule has 0 saturated heterocycles. The van der Waals surface area contributed by atoms with E-state index >= 15 is 0 Å². The van der Waals surface area contributed by atoms with Crippen LogP contribution in [0.15, 0.2) is 72.7 Å². The largest absolute Gasteiger partial charge is 1.00 e. The van der Waals surface area contributed by atoms with E-state index in [9.17, 15) is 51.9 Å². The first-order chi connectivity index (χ1) is 22.5. The van der Waals surface area contributed by atoms with Crippen molar-refractivity contribution in [2.24, 2.45) is 20.5 Å². The van der Waals surface area contributed by atoms with E-state index in [-0.39, 0.29) is 119 Å². The van der Waals surface area contributed by atoms with Crippen molar-refractivity contribution in [2.75, 3.05) is 30.5 Å². The quantitative estimate of drug-likeness (QED) is 0.0457. The van der Waals surface area contributed by atoms with E-state index in [1.165, 1.54) is 24.3 Å². The Balaban J connectivity index is 0.00000650. The number of aryl methyl sites for hydroxylation is 2. The molecule has 3 rings (SSSR count). The molecule has 0 aliphatic heterocycles. The molecule has 0 aliphatic carbocycles. The summed E-state index contributed by atoms with van der Waals surface area (Å²) >= 11 is 0. The predicted octanol–water partition coefficient (Wildman–Crippen LogP) is -2.15. The summed E-state index contributed by atoms with van der Waals surface area (Å²) in [6.07, 6.45) is -0.281. The van der Waals surface area contributed by atoms with Gasteiger partial charge in [0.15, 0.2) is 0 Å². The van der Waals surface area contributed by atoms with Crippen LogP contribution in [-0.2, 0) is 40.5 Å². The van der Waals surface area contributed by atoms with Crippen LogP contribution >= 0.6 is 0 Å². The van der Waals surface area contributed by atoms with Gasteiger partial charge in [0.25, 0.3) is 20.2 Å². The third-order valence-corrected chi connectivity index (χ3v) is 9.55. The number of anilines is 1. The average molecular weight is 810 g/mol. The third kappa shape index (κ3) is 15.4. The summed E-state index contributed by atoms with van der Waals surface area (Å²) in [7, 11) is -18.8. The number of azo groups is 2. The van der Waals surface area contributed by atoms with Crippen LogP contribution < -0.4 is 74.3 Å². The molecular formula is C26H29N5Na2O14S4. The summed E-state index contributed by atoms with van der Waals surface area (Å²) in [4.78, 5) is -1.80. The molecule has 0 radical (unpaired) electrons. The number of hydrogen-bond donors (Lipinski definition) is 3. The van der Waals surface area contributed by atoms with Gasteiger partial charge < -0.3 is 24.3 Å². The normalized spacial score (nSPS) is 12.4. The van der Waals surface area contributed by atoms with Crippen LogP contribution in [0.5, 0.6) is 11.5 Å². The number of benzene rings is 3. The second kappa shape index (κ2) is 19.3. The first-order valence-corrected chi connectivity index (χ1v) is 19.7. The van der Waals surface area contributed by atoms with Crippen LogP contribution in [0.1, 0.15) is 24.0 Å². The molecule has 268 valence electrons. The fourth-order valence-electron chi connectivity index (χ4n) is 3.89. The molecule has 0 unspecified atom stereocenters. The summed E-state index contributed by atoms with van der Waals surface area (Å²) in [6.45, 7) is 2.81. The Morgan fingerprint density at radius 2 is 1.08 bits per heavy atom. The van der Waals surface area contributed by atoms with Gasteiger partial charge in [-0.1, -0.05) is 0 Å². The van der Waals surface area contributed by atoms with Gasteiger partial charge in [-0.2, -0.15) is 27.1 Å². The standard InChI is InChI=1S/C26H31N5O14S4.2Na/c1-16-11-19(27)24(44-7-3-9-46(32,33)34)14-21(16)30-31-23-12-17(2)22(15-25(23)45-8-4-10-47(35,36)37)29-28-20-6-5-18(48(38,39)40)13-26(20)49(41,42)43;;/h5-6,11-15H,3-4,7-10,27H2,1-2H3,(H,32,33,34)(H,35,36,37)(H,38,39,40)(H,41,42,43);;/q;2*+1/p-2. The van der Waals surface area contributed by atoms with Crippen LogP contribution in [0.25, 0.3) is 0 Å². The van der Waals surface area contributed by atoms with Crippen molar-refractivity contribution in [3.8, 4) is 11.5 Å². The van der Waals surface area contributed by atoms with E-state index in [2.05, 4.69) is 20.5 Å². The summed E-state index contributed by atoms with van der Waals surface area (Å²) in [6, 6.07) is 7.86. The van der Waals surface area contributed by atoms with E-state index in [1.54, 1.807) is 13.8 Å². The van der Waals surface area contributed by atoms with Crippen LogP contribution in [0.4, 0.5) is 28.4 Å². The van der Waals surface area contributed by atoms with Crippen molar-refractivity contribution in [1.82, 2.24) is 0 Å². The Morgan fingerprint density at radius 3 is 1.57 bits per heavy atom. The fraction of sp³-hybridized carbons (Fsp3) is 0.308. The number of nitrogens with two attached hydrogens (primary N) is 1. The Labute approximate surface area is 338 Å². The molecule has 0 saturated carbocycles. The second-order valence-corrected chi connectivity index (χ2v) is 16.0. The molecule has 19 nitrogen and oxygen atoms in total. The number of nitrogen functional groups attached to an aromatic ring is 1. The van der Waals surface area contributed by atoms with Crippen molar-refractivity contribution in [2.45, 2.75) is 36.5 Å². The third-order valence-electron chi connectivity index (χ3n) is 6.24. The van der Waals surface area contributed by atoms with Crippen LogP contribution in [-0.4, -0.2) is 76.6 Å². The molecule has 0 heterocycles. The molecule has 3 aromatic carbocycles. The van der Waals surface area contributed by atoms with Gasteiger partial charge in [-0.15, -0.1) is 10.2 Å². The second-order valence-electron chi connectivity index (χ2n) is 10.2. The summed E-state index contributed by atoms with van der Waals surface area (Å²) < 4.78 is 142. The predicted molar refractivity (Wildman–Crippen MR) is 171 cm³/mol. The van der Waals surface area contributed by atoms with Crippen molar-refractivity contribution in [1.29, 1.82) is 0 Å². The van der Waals surface area contributed by atoms with Crippen molar-refractivity contribution in [3.05, 3.63) is 53.6 Å². The molecule has 0 bridgehead atoms. The zero-order valence-electron chi connectivity index (χ0n) is 27.6. The maximum atomic E-state index is 11.9. The Bertz CT molecular complexity index is 2240. The van der Waals surface area contributed by atoms with Gasteiger partial charge in [0.2, 0.25) is 0 Å². The summed E-state index contributed by atoms with van der Waals surface area (Å²) in [5.41, 5.74) is 7.00. The minimum atomic E-state index is -5.04. The Hall–Kier alpha value is -2.10. The zero-order valence-corrected chi connectivity index (χ0v) is 34.8.